The van der Waals surface area contributed by atoms with E-state index in [1.165, 1.54) is 6.33 Å². The van der Waals surface area contributed by atoms with Crippen LogP contribution in [0.25, 0.3) is 0 Å². The summed E-state index contributed by atoms with van der Waals surface area (Å²) in [6.07, 6.45) is 6.72. The second-order valence-electron chi connectivity index (χ2n) is 4.04. The molecule has 0 aliphatic carbocycles. The molecule has 2 heterocycles. The van der Waals surface area contributed by atoms with Gasteiger partial charge in [0.2, 0.25) is 0 Å². The number of nitrogens with one attached hydrogen (secondary N) is 1. The molecule has 0 spiro atoms. The van der Waals surface area contributed by atoms with E-state index in [1.807, 2.05) is 7.05 Å². The maximum Gasteiger partial charge on any atom is 0.257 e. The molecular formula is C11H16N4O. The van der Waals surface area contributed by atoms with Crippen LogP contribution in [-0.4, -0.2) is 47.0 Å². The van der Waals surface area contributed by atoms with Gasteiger partial charge in [-0.05, 0) is 19.4 Å². The molecule has 0 saturated carbocycles. The topological polar surface area (TPSA) is 58.1 Å². The average molecular weight is 220 g/mol. The molecule has 1 aromatic rings. The third kappa shape index (κ3) is 2.36. The van der Waals surface area contributed by atoms with E-state index in [2.05, 4.69) is 15.3 Å². The van der Waals surface area contributed by atoms with Gasteiger partial charge in [-0.3, -0.25) is 4.79 Å². The summed E-state index contributed by atoms with van der Waals surface area (Å²) in [6, 6.07) is 0.279. The third-order valence-corrected chi connectivity index (χ3v) is 2.95. The Hall–Kier alpha value is -1.49. The smallest absolute Gasteiger partial charge is 0.257 e. The van der Waals surface area contributed by atoms with Crippen molar-refractivity contribution >= 4 is 5.91 Å². The number of nitrogens with zero attached hydrogens (tertiary/aromatic N) is 3. The Morgan fingerprint density at radius 1 is 1.50 bits per heavy atom. The lowest BCUT2D eigenvalue weighted by molar-refractivity contribution is 0.0707. The molecule has 0 radical (unpaired) electrons. The van der Waals surface area contributed by atoms with E-state index in [0.29, 0.717) is 5.56 Å². The van der Waals surface area contributed by atoms with Gasteiger partial charge in [-0.25, -0.2) is 9.97 Å². The van der Waals surface area contributed by atoms with Gasteiger partial charge in [-0.15, -0.1) is 0 Å². The van der Waals surface area contributed by atoms with Crippen molar-refractivity contribution in [3.63, 3.8) is 0 Å². The lowest BCUT2D eigenvalue weighted by Gasteiger charge is -2.31. The molecule has 1 aliphatic rings. The first kappa shape index (κ1) is 11.0. The molecule has 2 rings (SSSR count). The van der Waals surface area contributed by atoms with Crippen molar-refractivity contribution in [3.05, 3.63) is 24.3 Å². The summed E-state index contributed by atoms with van der Waals surface area (Å²) in [6.45, 7) is 1.92. The molecule has 1 saturated heterocycles. The van der Waals surface area contributed by atoms with Crippen LogP contribution in [0.2, 0.25) is 0 Å². The highest BCUT2D eigenvalue weighted by Gasteiger charge is 2.22. The maximum absolute atomic E-state index is 12.1. The van der Waals surface area contributed by atoms with Crippen LogP contribution in [0.15, 0.2) is 18.7 Å². The molecule has 1 aromatic heterocycles. The van der Waals surface area contributed by atoms with E-state index in [0.717, 1.165) is 25.9 Å². The number of likely N-dealkylation sites (N-methyl/N-ethyl adjacent to an activating group) is 1. The van der Waals surface area contributed by atoms with Crippen molar-refractivity contribution in [3.8, 4) is 0 Å². The number of aromatic nitrogens is 2. The van der Waals surface area contributed by atoms with Crippen molar-refractivity contribution in [2.24, 2.45) is 0 Å². The summed E-state index contributed by atoms with van der Waals surface area (Å²) in [7, 11) is 1.84. The molecular weight excluding hydrogens is 204 g/mol. The van der Waals surface area contributed by atoms with Crippen molar-refractivity contribution in [1.82, 2.24) is 20.2 Å². The second kappa shape index (κ2) is 5.03. The Bertz CT molecular complexity index is 348. The number of amides is 1. The summed E-state index contributed by atoms with van der Waals surface area (Å²) < 4.78 is 0. The minimum atomic E-state index is -0.00528. The minimum Gasteiger partial charge on any atom is -0.337 e. The summed E-state index contributed by atoms with van der Waals surface area (Å²) in [5.41, 5.74) is 0.551. The number of rotatable bonds is 2. The highest BCUT2D eigenvalue weighted by molar-refractivity contribution is 5.93. The Morgan fingerprint density at radius 2 is 2.25 bits per heavy atom. The van der Waals surface area contributed by atoms with Crippen LogP contribution in [0.5, 0.6) is 0 Å². The van der Waals surface area contributed by atoms with Crippen LogP contribution in [0.1, 0.15) is 23.2 Å². The fraction of sp³-hybridized carbons (Fsp3) is 0.545. The Kier molecular flexibility index (Phi) is 3.46. The zero-order valence-corrected chi connectivity index (χ0v) is 9.39. The highest BCUT2D eigenvalue weighted by atomic mass is 16.2. The summed E-state index contributed by atoms with van der Waals surface area (Å²) in [4.78, 5) is 21.6. The van der Waals surface area contributed by atoms with Gasteiger partial charge in [0.15, 0.2) is 0 Å². The lowest BCUT2D eigenvalue weighted by Crippen LogP contribution is -2.46. The quantitative estimate of drug-likeness (QED) is 0.779. The fourth-order valence-corrected chi connectivity index (χ4v) is 1.94. The minimum absolute atomic E-state index is 0.00528. The highest BCUT2D eigenvalue weighted by Crippen LogP contribution is 2.11. The predicted octanol–water partition coefficient (Wildman–Crippen LogP) is 0.301. The average Bonchev–Trinajstić information content (AvgIpc) is 2.39. The molecule has 0 aromatic carbocycles. The van der Waals surface area contributed by atoms with Gasteiger partial charge in [0.05, 0.1) is 5.56 Å². The first-order valence-electron chi connectivity index (χ1n) is 5.52. The molecule has 1 atom stereocenters. The van der Waals surface area contributed by atoms with Gasteiger partial charge >= 0.3 is 0 Å². The van der Waals surface area contributed by atoms with Crippen LogP contribution in [0.4, 0.5) is 0 Å². The summed E-state index contributed by atoms with van der Waals surface area (Å²) >= 11 is 0. The van der Waals surface area contributed by atoms with E-state index < -0.39 is 0 Å². The van der Waals surface area contributed by atoms with Crippen LogP contribution >= 0.6 is 0 Å². The Morgan fingerprint density at radius 3 is 2.88 bits per heavy atom. The zero-order chi connectivity index (χ0) is 11.4. The van der Waals surface area contributed by atoms with Crippen LogP contribution in [0, 0.1) is 0 Å². The first-order valence-corrected chi connectivity index (χ1v) is 5.52. The molecule has 1 amide bonds. The summed E-state index contributed by atoms with van der Waals surface area (Å²) in [5.74, 6) is -0.00528. The standard InChI is InChI=1S/C11H16N4O/c1-15(10-3-2-4-12-7-10)11(16)9-5-13-8-14-6-9/h5-6,8,10,12H,2-4,7H2,1H3. The molecule has 1 fully saturated rings. The monoisotopic (exact) mass is 220 g/mol. The van der Waals surface area contributed by atoms with Crippen LogP contribution in [-0.2, 0) is 0 Å². The van der Waals surface area contributed by atoms with E-state index >= 15 is 0 Å². The molecule has 1 N–H and O–H groups in total. The fourth-order valence-electron chi connectivity index (χ4n) is 1.94. The lowest BCUT2D eigenvalue weighted by atomic mass is 10.1. The SMILES string of the molecule is CN(C(=O)c1cncnc1)C1CCCNC1. The van der Waals surface area contributed by atoms with Gasteiger partial charge in [0, 0.05) is 32.0 Å². The number of hydrogen-bond acceptors (Lipinski definition) is 4. The van der Waals surface area contributed by atoms with E-state index in [1.54, 1.807) is 17.3 Å². The van der Waals surface area contributed by atoms with Gasteiger partial charge in [-0.2, -0.15) is 0 Å². The molecule has 5 nitrogen and oxygen atoms in total. The Labute approximate surface area is 94.9 Å². The number of piperidine rings is 1. The third-order valence-electron chi connectivity index (χ3n) is 2.95. The second-order valence-corrected chi connectivity index (χ2v) is 4.04. The Balaban J connectivity index is 2.04. The van der Waals surface area contributed by atoms with Crippen molar-refractivity contribution in [1.29, 1.82) is 0 Å². The van der Waals surface area contributed by atoms with Gasteiger partial charge in [0.25, 0.3) is 5.91 Å². The molecule has 16 heavy (non-hydrogen) atoms. The summed E-state index contributed by atoms with van der Waals surface area (Å²) in [5, 5.41) is 3.30. The maximum atomic E-state index is 12.1. The molecule has 1 unspecified atom stereocenters. The van der Waals surface area contributed by atoms with E-state index in [4.69, 9.17) is 0 Å². The first-order chi connectivity index (χ1) is 7.79. The molecule has 0 bridgehead atoms. The normalized spacial score (nSPS) is 20.4. The van der Waals surface area contributed by atoms with E-state index in [-0.39, 0.29) is 11.9 Å². The molecule has 86 valence electrons. The largest absolute Gasteiger partial charge is 0.337 e. The van der Waals surface area contributed by atoms with Crippen molar-refractivity contribution in [2.45, 2.75) is 18.9 Å². The number of carbonyl (C=O) groups excluding carboxylic acids is 1. The van der Waals surface area contributed by atoms with Crippen LogP contribution < -0.4 is 5.32 Å². The van der Waals surface area contributed by atoms with E-state index in [9.17, 15) is 4.79 Å². The van der Waals surface area contributed by atoms with Crippen molar-refractivity contribution in [2.75, 3.05) is 20.1 Å². The van der Waals surface area contributed by atoms with Gasteiger partial charge in [0.1, 0.15) is 6.33 Å². The number of carbonyl (C=O) groups is 1. The molecule has 5 heteroatoms. The predicted molar refractivity (Wildman–Crippen MR) is 60.0 cm³/mol. The molecule has 1 aliphatic heterocycles. The number of hydrogen-bond donors (Lipinski definition) is 1. The van der Waals surface area contributed by atoms with Crippen molar-refractivity contribution < 1.29 is 4.79 Å². The van der Waals surface area contributed by atoms with Gasteiger partial charge in [-0.1, -0.05) is 0 Å². The zero-order valence-electron chi connectivity index (χ0n) is 9.39. The van der Waals surface area contributed by atoms with Crippen LogP contribution in [0.3, 0.4) is 0 Å². The van der Waals surface area contributed by atoms with Gasteiger partial charge < -0.3 is 10.2 Å².